The third-order valence-electron chi connectivity index (χ3n) is 4.05. The van der Waals surface area contributed by atoms with Crippen molar-refractivity contribution in [1.29, 1.82) is 0 Å². The van der Waals surface area contributed by atoms with Gasteiger partial charge in [0.25, 0.3) is 0 Å². The molecule has 1 heterocycles. The van der Waals surface area contributed by atoms with Gasteiger partial charge in [-0.25, -0.2) is 0 Å². The summed E-state index contributed by atoms with van der Waals surface area (Å²) >= 11 is 0. The molecule has 1 N–H and O–H groups in total. The van der Waals surface area contributed by atoms with Crippen LogP contribution >= 0.6 is 0 Å². The molecule has 106 valence electrons. The molecule has 2 nitrogen and oxygen atoms in total. The molecule has 19 heavy (non-hydrogen) atoms. The summed E-state index contributed by atoms with van der Waals surface area (Å²) in [6.07, 6.45) is 2.40. The van der Waals surface area contributed by atoms with Crippen LogP contribution in [0.15, 0.2) is 24.3 Å². The lowest BCUT2D eigenvalue weighted by Crippen LogP contribution is -2.23. The second kappa shape index (κ2) is 7.06. The van der Waals surface area contributed by atoms with Crippen molar-refractivity contribution in [2.75, 3.05) is 19.8 Å². The molecule has 2 atom stereocenters. The minimum Gasteiger partial charge on any atom is -0.381 e. The highest BCUT2D eigenvalue weighted by atomic mass is 16.5. The van der Waals surface area contributed by atoms with E-state index in [1.807, 2.05) is 0 Å². The van der Waals surface area contributed by atoms with Crippen LogP contribution in [0.1, 0.15) is 56.7 Å². The topological polar surface area (TPSA) is 21.3 Å². The van der Waals surface area contributed by atoms with Crippen molar-refractivity contribution in [2.45, 2.75) is 45.6 Å². The third-order valence-corrected chi connectivity index (χ3v) is 4.05. The summed E-state index contributed by atoms with van der Waals surface area (Å²) in [6, 6.07) is 9.60. The molecule has 0 bridgehead atoms. The van der Waals surface area contributed by atoms with Crippen molar-refractivity contribution in [3.05, 3.63) is 35.4 Å². The van der Waals surface area contributed by atoms with Crippen LogP contribution in [0.4, 0.5) is 0 Å². The zero-order valence-electron chi connectivity index (χ0n) is 12.5. The SMILES string of the molecule is CCNC(CC1CCOC1)c1ccc(C(C)C)cc1. The molecule has 0 amide bonds. The van der Waals surface area contributed by atoms with Crippen LogP contribution in [0.25, 0.3) is 0 Å². The Labute approximate surface area is 117 Å². The van der Waals surface area contributed by atoms with Crippen molar-refractivity contribution in [2.24, 2.45) is 5.92 Å². The summed E-state index contributed by atoms with van der Waals surface area (Å²) < 4.78 is 5.49. The van der Waals surface area contributed by atoms with E-state index in [0.29, 0.717) is 17.9 Å². The van der Waals surface area contributed by atoms with Crippen LogP contribution in [-0.2, 0) is 4.74 Å². The monoisotopic (exact) mass is 261 g/mol. The fraction of sp³-hybridized carbons (Fsp3) is 0.647. The van der Waals surface area contributed by atoms with Gasteiger partial charge in [0.2, 0.25) is 0 Å². The Morgan fingerprint density at radius 1 is 1.21 bits per heavy atom. The van der Waals surface area contributed by atoms with Crippen LogP contribution in [0.3, 0.4) is 0 Å². The maximum Gasteiger partial charge on any atom is 0.0495 e. The molecular weight excluding hydrogens is 234 g/mol. The van der Waals surface area contributed by atoms with Gasteiger partial charge in [-0.1, -0.05) is 45.0 Å². The molecule has 2 rings (SSSR count). The lowest BCUT2D eigenvalue weighted by Gasteiger charge is -2.22. The van der Waals surface area contributed by atoms with E-state index in [0.717, 1.165) is 19.8 Å². The maximum atomic E-state index is 5.49. The second-order valence-corrected chi connectivity index (χ2v) is 5.90. The highest BCUT2D eigenvalue weighted by molar-refractivity contribution is 5.27. The number of hydrogen-bond donors (Lipinski definition) is 1. The van der Waals surface area contributed by atoms with Crippen molar-refractivity contribution in [3.8, 4) is 0 Å². The maximum absolute atomic E-state index is 5.49. The molecule has 1 aliphatic heterocycles. The summed E-state index contributed by atoms with van der Waals surface area (Å²) in [7, 11) is 0. The zero-order valence-corrected chi connectivity index (χ0v) is 12.5. The molecule has 2 unspecified atom stereocenters. The van der Waals surface area contributed by atoms with Gasteiger partial charge in [-0.15, -0.1) is 0 Å². The predicted molar refractivity (Wildman–Crippen MR) is 80.5 cm³/mol. The Balaban J connectivity index is 2.04. The molecule has 1 saturated heterocycles. The van der Waals surface area contributed by atoms with Crippen molar-refractivity contribution < 1.29 is 4.74 Å². The molecule has 1 aromatic rings. The molecule has 0 saturated carbocycles. The molecular formula is C17H27NO. The number of rotatable bonds is 6. The lowest BCUT2D eigenvalue weighted by atomic mass is 9.92. The average molecular weight is 261 g/mol. The van der Waals surface area contributed by atoms with Crippen LogP contribution in [-0.4, -0.2) is 19.8 Å². The van der Waals surface area contributed by atoms with Crippen molar-refractivity contribution in [1.82, 2.24) is 5.32 Å². The summed E-state index contributed by atoms with van der Waals surface area (Å²) in [5.74, 6) is 1.32. The number of ether oxygens (including phenoxy) is 1. The largest absolute Gasteiger partial charge is 0.381 e. The molecule has 0 radical (unpaired) electrons. The number of nitrogens with one attached hydrogen (secondary N) is 1. The summed E-state index contributed by atoms with van der Waals surface area (Å²) in [6.45, 7) is 9.56. The number of benzene rings is 1. The minimum absolute atomic E-state index is 0.470. The lowest BCUT2D eigenvalue weighted by molar-refractivity contribution is 0.181. The first kappa shape index (κ1) is 14.5. The van der Waals surface area contributed by atoms with Gasteiger partial charge in [-0.3, -0.25) is 0 Å². The van der Waals surface area contributed by atoms with Crippen LogP contribution in [0.5, 0.6) is 0 Å². The Kier molecular flexibility index (Phi) is 5.41. The molecule has 1 fully saturated rings. The van der Waals surface area contributed by atoms with Gasteiger partial charge in [-0.05, 0) is 42.3 Å². The Bertz CT molecular complexity index is 365. The molecule has 0 aliphatic carbocycles. The van der Waals surface area contributed by atoms with E-state index in [1.54, 1.807) is 0 Å². The molecule has 2 heteroatoms. The Hall–Kier alpha value is -0.860. The van der Waals surface area contributed by atoms with E-state index in [2.05, 4.69) is 50.4 Å². The van der Waals surface area contributed by atoms with E-state index >= 15 is 0 Å². The molecule has 1 aromatic carbocycles. The molecule has 0 aromatic heterocycles. The molecule has 1 aliphatic rings. The van der Waals surface area contributed by atoms with Gasteiger partial charge in [0.15, 0.2) is 0 Å². The van der Waals surface area contributed by atoms with E-state index in [9.17, 15) is 0 Å². The quantitative estimate of drug-likeness (QED) is 0.839. The average Bonchev–Trinajstić information content (AvgIpc) is 2.91. The second-order valence-electron chi connectivity index (χ2n) is 5.90. The molecule has 0 spiro atoms. The fourth-order valence-corrected chi connectivity index (χ4v) is 2.80. The van der Waals surface area contributed by atoms with Gasteiger partial charge in [0.1, 0.15) is 0 Å². The Morgan fingerprint density at radius 2 is 1.89 bits per heavy atom. The van der Waals surface area contributed by atoms with E-state index in [4.69, 9.17) is 4.74 Å². The van der Waals surface area contributed by atoms with Gasteiger partial charge in [-0.2, -0.15) is 0 Å². The predicted octanol–water partition coefficient (Wildman–Crippen LogP) is 3.89. The summed E-state index contributed by atoms with van der Waals surface area (Å²) in [5.41, 5.74) is 2.83. The fourth-order valence-electron chi connectivity index (χ4n) is 2.80. The van der Waals surface area contributed by atoms with Gasteiger partial charge in [0, 0.05) is 19.3 Å². The highest BCUT2D eigenvalue weighted by Gasteiger charge is 2.21. The van der Waals surface area contributed by atoms with E-state index in [1.165, 1.54) is 24.0 Å². The van der Waals surface area contributed by atoms with Crippen LogP contribution < -0.4 is 5.32 Å². The van der Waals surface area contributed by atoms with Gasteiger partial charge in [0.05, 0.1) is 0 Å². The van der Waals surface area contributed by atoms with Crippen molar-refractivity contribution >= 4 is 0 Å². The smallest absolute Gasteiger partial charge is 0.0495 e. The zero-order chi connectivity index (χ0) is 13.7. The summed E-state index contributed by atoms with van der Waals surface area (Å²) in [4.78, 5) is 0. The first-order valence-electron chi connectivity index (χ1n) is 7.61. The highest BCUT2D eigenvalue weighted by Crippen LogP contribution is 2.27. The Morgan fingerprint density at radius 3 is 2.42 bits per heavy atom. The van der Waals surface area contributed by atoms with Gasteiger partial charge < -0.3 is 10.1 Å². The van der Waals surface area contributed by atoms with Crippen LogP contribution in [0, 0.1) is 5.92 Å². The van der Waals surface area contributed by atoms with Crippen LogP contribution in [0.2, 0.25) is 0 Å². The summed E-state index contributed by atoms with van der Waals surface area (Å²) in [5, 5.41) is 3.62. The standard InChI is InChI=1S/C17H27NO/c1-4-18-17(11-14-9-10-19-12-14)16-7-5-15(6-8-16)13(2)3/h5-8,13-14,17-18H,4,9-12H2,1-3H3. The first-order valence-corrected chi connectivity index (χ1v) is 7.61. The minimum atomic E-state index is 0.470. The van der Waals surface area contributed by atoms with Crippen molar-refractivity contribution in [3.63, 3.8) is 0 Å². The third kappa shape index (κ3) is 4.05. The number of hydrogen-bond acceptors (Lipinski definition) is 2. The normalized spacial score (nSPS) is 20.9. The van der Waals surface area contributed by atoms with E-state index < -0.39 is 0 Å². The van der Waals surface area contributed by atoms with Gasteiger partial charge >= 0.3 is 0 Å². The van der Waals surface area contributed by atoms with E-state index in [-0.39, 0.29) is 0 Å². The first-order chi connectivity index (χ1) is 9.20.